The molecule has 0 fully saturated rings. The van der Waals surface area contributed by atoms with Crippen LogP contribution in [-0.4, -0.2) is 4.98 Å². The van der Waals surface area contributed by atoms with Crippen LogP contribution in [0, 0.1) is 25.5 Å². The molecule has 1 aromatic carbocycles. The van der Waals surface area contributed by atoms with Crippen molar-refractivity contribution >= 4 is 33.3 Å². The summed E-state index contributed by atoms with van der Waals surface area (Å²) < 4.78 is 28.0. The summed E-state index contributed by atoms with van der Waals surface area (Å²) in [7, 11) is 0. The normalized spacial score (nSPS) is 10.5. The van der Waals surface area contributed by atoms with Gasteiger partial charge >= 0.3 is 0 Å². The molecular formula is C13H13BrF2N4. The summed E-state index contributed by atoms with van der Waals surface area (Å²) in [6, 6.07) is 4.51. The highest BCUT2D eigenvalue weighted by atomic mass is 79.9. The SMILES string of the molecule is Cc1cc(Br)cc(C)c1Nc1nc(NN)c(F)cc1F. The quantitative estimate of drug-likeness (QED) is 0.586. The van der Waals surface area contributed by atoms with E-state index < -0.39 is 11.6 Å². The van der Waals surface area contributed by atoms with Gasteiger partial charge in [0.05, 0.1) is 0 Å². The second kappa shape index (κ2) is 5.72. The molecule has 1 heterocycles. The number of pyridine rings is 1. The van der Waals surface area contributed by atoms with E-state index in [1.54, 1.807) is 0 Å². The molecular weight excluding hydrogens is 330 g/mol. The predicted octanol–water partition coefficient (Wildman–Crippen LogP) is 3.77. The van der Waals surface area contributed by atoms with Crippen LogP contribution in [0.1, 0.15) is 11.1 Å². The maximum Gasteiger partial charge on any atom is 0.178 e. The summed E-state index contributed by atoms with van der Waals surface area (Å²) in [5, 5.41) is 2.87. The third kappa shape index (κ3) is 2.88. The van der Waals surface area contributed by atoms with Crippen molar-refractivity contribution in [1.29, 1.82) is 0 Å². The molecule has 0 amide bonds. The first kappa shape index (κ1) is 14.7. The summed E-state index contributed by atoms with van der Waals surface area (Å²) in [6.07, 6.45) is 0. The summed E-state index contributed by atoms with van der Waals surface area (Å²) in [6.45, 7) is 3.76. The van der Waals surface area contributed by atoms with Crippen molar-refractivity contribution in [3.8, 4) is 0 Å². The van der Waals surface area contributed by atoms with Gasteiger partial charge in [0.15, 0.2) is 23.3 Å². The molecule has 20 heavy (non-hydrogen) atoms. The topological polar surface area (TPSA) is 63.0 Å². The first-order valence-corrected chi connectivity index (χ1v) is 6.58. The lowest BCUT2D eigenvalue weighted by Gasteiger charge is -2.14. The minimum Gasteiger partial charge on any atom is -0.337 e. The number of hydrogen-bond acceptors (Lipinski definition) is 4. The number of nitrogens with one attached hydrogen (secondary N) is 2. The van der Waals surface area contributed by atoms with Gasteiger partial charge in [-0.3, -0.25) is 0 Å². The molecule has 0 saturated carbocycles. The molecule has 0 saturated heterocycles. The third-order valence-corrected chi connectivity index (χ3v) is 3.26. The third-order valence-electron chi connectivity index (χ3n) is 2.81. The summed E-state index contributed by atoms with van der Waals surface area (Å²) in [5.74, 6) is 3.19. The molecule has 2 aromatic rings. The number of hydrazine groups is 1. The number of nitrogens with two attached hydrogens (primary N) is 1. The highest BCUT2D eigenvalue weighted by molar-refractivity contribution is 9.10. The number of aryl methyl sites for hydroxylation is 2. The van der Waals surface area contributed by atoms with Crippen LogP contribution in [0.25, 0.3) is 0 Å². The van der Waals surface area contributed by atoms with E-state index in [4.69, 9.17) is 5.84 Å². The molecule has 7 heteroatoms. The smallest absolute Gasteiger partial charge is 0.178 e. The molecule has 0 bridgehead atoms. The average molecular weight is 343 g/mol. The maximum atomic E-state index is 13.8. The Hall–Kier alpha value is -1.73. The molecule has 0 aliphatic heterocycles. The molecule has 0 aliphatic rings. The van der Waals surface area contributed by atoms with Gasteiger partial charge in [0, 0.05) is 16.2 Å². The second-order valence-corrected chi connectivity index (χ2v) is 5.25. The Bertz CT molecular complexity index is 638. The number of halogens is 3. The molecule has 0 radical (unpaired) electrons. The summed E-state index contributed by atoms with van der Waals surface area (Å²) in [5.41, 5.74) is 4.62. The Morgan fingerprint density at radius 2 is 1.60 bits per heavy atom. The molecule has 0 atom stereocenters. The van der Waals surface area contributed by atoms with Crippen LogP contribution < -0.4 is 16.6 Å². The van der Waals surface area contributed by atoms with Crippen molar-refractivity contribution in [3.63, 3.8) is 0 Å². The molecule has 4 nitrogen and oxygen atoms in total. The van der Waals surface area contributed by atoms with Crippen LogP contribution in [0.5, 0.6) is 0 Å². The van der Waals surface area contributed by atoms with E-state index in [0.717, 1.165) is 21.7 Å². The predicted molar refractivity (Wildman–Crippen MR) is 78.9 cm³/mol. The Morgan fingerprint density at radius 3 is 2.15 bits per heavy atom. The number of rotatable bonds is 3. The first-order chi connectivity index (χ1) is 9.42. The fourth-order valence-corrected chi connectivity index (χ4v) is 2.57. The van der Waals surface area contributed by atoms with Gasteiger partial charge in [-0.15, -0.1) is 0 Å². The second-order valence-electron chi connectivity index (χ2n) is 4.33. The highest BCUT2D eigenvalue weighted by Gasteiger charge is 2.13. The number of nitrogen functional groups attached to an aromatic ring is 1. The van der Waals surface area contributed by atoms with Crippen LogP contribution in [-0.2, 0) is 0 Å². The first-order valence-electron chi connectivity index (χ1n) is 5.78. The van der Waals surface area contributed by atoms with Crippen LogP contribution in [0.2, 0.25) is 0 Å². The Labute approximate surface area is 123 Å². The van der Waals surface area contributed by atoms with Gasteiger partial charge < -0.3 is 10.7 Å². The van der Waals surface area contributed by atoms with Crippen molar-refractivity contribution in [3.05, 3.63) is 45.4 Å². The van der Waals surface area contributed by atoms with E-state index in [0.29, 0.717) is 5.69 Å². The number of aromatic nitrogens is 1. The van der Waals surface area contributed by atoms with Crippen molar-refractivity contribution in [2.45, 2.75) is 13.8 Å². The lowest BCUT2D eigenvalue weighted by atomic mass is 10.1. The molecule has 106 valence electrons. The Kier molecular flexibility index (Phi) is 4.20. The highest BCUT2D eigenvalue weighted by Crippen LogP contribution is 2.29. The van der Waals surface area contributed by atoms with Gasteiger partial charge in [-0.05, 0) is 37.1 Å². The maximum absolute atomic E-state index is 13.8. The molecule has 2 rings (SSSR count). The van der Waals surface area contributed by atoms with Crippen molar-refractivity contribution in [2.75, 3.05) is 10.7 Å². The van der Waals surface area contributed by atoms with Crippen molar-refractivity contribution in [1.82, 2.24) is 4.98 Å². The van der Waals surface area contributed by atoms with E-state index in [1.165, 1.54) is 0 Å². The van der Waals surface area contributed by atoms with E-state index in [-0.39, 0.29) is 11.6 Å². The fraction of sp³-hybridized carbons (Fsp3) is 0.154. The van der Waals surface area contributed by atoms with Crippen LogP contribution in [0.3, 0.4) is 0 Å². The molecule has 0 spiro atoms. The number of nitrogens with zero attached hydrogens (tertiary/aromatic N) is 1. The largest absolute Gasteiger partial charge is 0.337 e. The number of benzene rings is 1. The van der Waals surface area contributed by atoms with E-state index in [1.807, 2.05) is 26.0 Å². The molecule has 1 aromatic heterocycles. The van der Waals surface area contributed by atoms with E-state index in [9.17, 15) is 8.78 Å². The van der Waals surface area contributed by atoms with E-state index in [2.05, 4.69) is 31.7 Å². The zero-order valence-corrected chi connectivity index (χ0v) is 12.5. The number of hydrogen-bond donors (Lipinski definition) is 3. The summed E-state index contributed by atoms with van der Waals surface area (Å²) >= 11 is 3.39. The van der Waals surface area contributed by atoms with E-state index >= 15 is 0 Å². The molecule has 4 N–H and O–H groups in total. The lowest BCUT2D eigenvalue weighted by molar-refractivity contribution is 0.579. The van der Waals surface area contributed by atoms with Gasteiger partial charge in [0.25, 0.3) is 0 Å². The van der Waals surface area contributed by atoms with Gasteiger partial charge in [-0.1, -0.05) is 15.9 Å². The van der Waals surface area contributed by atoms with Gasteiger partial charge in [-0.25, -0.2) is 19.6 Å². The molecule has 0 unspecified atom stereocenters. The number of anilines is 3. The summed E-state index contributed by atoms with van der Waals surface area (Å²) in [4.78, 5) is 3.78. The van der Waals surface area contributed by atoms with Crippen LogP contribution in [0.4, 0.5) is 26.1 Å². The Balaban J connectivity index is 2.45. The zero-order chi connectivity index (χ0) is 14.9. The minimum atomic E-state index is -0.847. The van der Waals surface area contributed by atoms with Crippen LogP contribution >= 0.6 is 15.9 Å². The fourth-order valence-electron chi connectivity index (χ4n) is 1.88. The standard InChI is InChI=1S/C13H13BrF2N4/c1-6-3-8(14)4-7(2)11(6)18-12-9(15)5-10(16)13(19-12)20-17/h3-5H,17H2,1-2H3,(H2,18,19,20). The van der Waals surface area contributed by atoms with Crippen molar-refractivity contribution in [2.24, 2.45) is 5.84 Å². The monoisotopic (exact) mass is 342 g/mol. The van der Waals surface area contributed by atoms with Crippen molar-refractivity contribution < 1.29 is 8.78 Å². The van der Waals surface area contributed by atoms with Crippen LogP contribution in [0.15, 0.2) is 22.7 Å². The zero-order valence-electron chi connectivity index (χ0n) is 10.9. The lowest BCUT2D eigenvalue weighted by Crippen LogP contribution is -2.12. The Morgan fingerprint density at radius 1 is 1.05 bits per heavy atom. The van der Waals surface area contributed by atoms with Gasteiger partial charge in [-0.2, -0.15) is 0 Å². The molecule has 0 aliphatic carbocycles. The van der Waals surface area contributed by atoms with Gasteiger partial charge in [0.2, 0.25) is 0 Å². The minimum absolute atomic E-state index is 0.0899. The average Bonchev–Trinajstić information content (AvgIpc) is 2.35. The van der Waals surface area contributed by atoms with Gasteiger partial charge in [0.1, 0.15) is 0 Å².